The second kappa shape index (κ2) is 6.81. The van der Waals surface area contributed by atoms with Crippen LogP contribution in [0.1, 0.15) is 29.6 Å². The number of aromatic nitrogens is 2. The standard InChI is InChI=1S/C20H20N2/c1-6-10-15(5)19-20(16-12-9-11-14(4)13-16)22-18(8-3)17(7-2)21-19/h6-13H,1-3H2,4-5H3/b15-10+. The first-order chi connectivity index (χ1) is 10.6. The molecule has 0 aliphatic rings. The van der Waals surface area contributed by atoms with Gasteiger partial charge in [-0.3, -0.25) is 0 Å². The number of benzene rings is 1. The SMILES string of the molecule is C=C/C=C(\C)c1nc(C=C)c(C=C)nc1-c1cccc(C)c1. The van der Waals surface area contributed by atoms with E-state index in [0.29, 0.717) is 0 Å². The topological polar surface area (TPSA) is 25.8 Å². The fraction of sp³-hybridized carbons (Fsp3) is 0.100. The van der Waals surface area contributed by atoms with Crippen LogP contribution in [0.2, 0.25) is 0 Å². The quantitative estimate of drug-likeness (QED) is 0.695. The summed E-state index contributed by atoms with van der Waals surface area (Å²) < 4.78 is 0. The highest BCUT2D eigenvalue weighted by Gasteiger charge is 2.13. The lowest BCUT2D eigenvalue weighted by molar-refractivity contribution is 1.13. The number of nitrogens with zero attached hydrogens (tertiary/aromatic N) is 2. The summed E-state index contributed by atoms with van der Waals surface area (Å²) in [5.41, 5.74) is 6.39. The van der Waals surface area contributed by atoms with Crippen LogP contribution in [0.25, 0.3) is 29.0 Å². The van der Waals surface area contributed by atoms with Gasteiger partial charge >= 0.3 is 0 Å². The second-order valence-electron chi connectivity index (χ2n) is 5.05. The van der Waals surface area contributed by atoms with Gasteiger partial charge in [0.15, 0.2) is 0 Å². The third-order valence-electron chi connectivity index (χ3n) is 3.37. The molecule has 0 aliphatic carbocycles. The van der Waals surface area contributed by atoms with Crippen LogP contribution in [0.5, 0.6) is 0 Å². The Bertz CT molecular complexity index is 767. The number of aryl methyl sites for hydroxylation is 1. The zero-order valence-corrected chi connectivity index (χ0v) is 13.1. The maximum Gasteiger partial charge on any atom is 0.0969 e. The molecule has 2 rings (SSSR count). The van der Waals surface area contributed by atoms with Crippen molar-refractivity contribution in [2.45, 2.75) is 13.8 Å². The predicted molar refractivity (Wildman–Crippen MR) is 96.2 cm³/mol. The fourth-order valence-corrected chi connectivity index (χ4v) is 2.29. The Morgan fingerprint density at radius 1 is 1.05 bits per heavy atom. The van der Waals surface area contributed by atoms with Crippen LogP contribution in [0.15, 0.2) is 56.2 Å². The van der Waals surface area contributed by atoms with Gasteiger partial charge in [-0.2, -0.15) is 0 Å². The number of allylic oxidation sites excluding steroid dienone is 3. The molecule has 1 aromatic carbocycles. The maximum absolute atomic E-state index is 4.75. The molecule has 0 bridgehead atoms. The summed E-state index contributed by atoms with van der Waals surface area (Å²) in [4.78, 5) is 9.47. The predicted octanol–water partition coefficient (Wildman–Crippen LogP) is 5.33. The van der Waals surface area contributed by atoms with E-state index in [-0.39, 0.29) is 0 Å². The van der Waals surface area contributed by atoms with Gasteiger partial charge in [-0.25, -0.2) is 9.97 Å². The first-order valence-electron chi connectivity index (χ1n) is 7.14. The van der Waals surface area contributed by atoms with Crippen LogP contribution in [0.4, 0.5) is 0 Å². The maximum atomic E-state index is 4.75. The molecule has 1 heterocycles. The minimum Gasteiger partial charge on any atom is -0.244 e. The van der Waals surface area contributed by atoms with Gasteiger partial charge in [0, 0.05) is 5.56 Å². The van der Waals surface area contributed by atoms with Crippen LogP contribution in [0, 0.1) is 6.92 Å². The van der Waals surface area contributed by atoms with Crippen LogP contribution < -0.4 is 0 Å². The molecule has 0 aliphatic heterocycles. The van der Waals surface area contributed by atoms with Crippen molar-refractivity contribution in [1.29, 1.82) is 0 Å². The van der Waals surface area contributed by atoms with Gasteiger partial charge in [-0.1, -0.05) is 55.7 Å². The fourth-order valence-electron chi connectivity index (χ4n) is 2.29. The summed E-state index contributed by atoms with van der Waals surface area (Å²) in [5.74, 6) is 0. The number of rotatable bonds is 5. The highest BCUT2D eigenvalue weighted by atomic mass is 14.8. The molecule has 1 aromatic heterocycles. The van der Waals surface area contributed by atoms with Crippen molar-refractivity contribution in [2.24, 2.45) is 0 Å². The monoisotopic (exact) mass is 288 g/mol. The molecule has 2 heteroatoms. The van der Waals surface area contributed by atoms with Crippen molar-refractivity contribution in [3.05, 3.63) is 78.8 Å². The van der Waals surface area contributed by atoms with Crippen molar-refractivity contribution < 1.29 is 0 Å². The summed E-state index contributed by atoms with van der Waals surface area (Å²) in [5, 5.41) is 0. The smallest absolute Gasteiger partial charge is 0.0969 e. The van der Waals surface area contributed by atoms with E-state index in [2.05, 4.69) is 38.8 Å². The van der Waals surface area contributed by atoms with Crippen molar-refractivity contribution in [3.8, 4) is 11.3 Å². The van der Waals surface area contributed by atoms with Crippen LogP contribution in [0.3, 0.4) is 0 Å². The number of hydrogen-bond acceptors (Lipinski definition) is 2. The molecule has 0 saturated carbocycles. The molecule has 110 valence electrons. The zero-order valence-electron chi connectivity index (χ0n) is 13.1. The summed E-state index contributed by atoms with van der Waals surface area (Å²) >= 11 is 0. The normalized spacial score (nSPS) is 11.1. The van der Waals surface area contributed by atoms with Crippen molar-refractivity contribution in [3.63, 3.8) is 0 Å². The van der Waals surface area contributed by atoms with Crippen LogP contribution >= 0.6 is 0 Å². The second-order valence-corrected chi connectivity index (χ2v) is 5.05. The molecule has 2 aromatic rings. The van der Waals surface area contributed by atoms with Gasteiger partial charge in [-0.05, 0) is 37.6 Å². The average molecular weight is 288 g/mol. The van der Waals surface area contributed by atoms with Gasteiger partial charge in [0.25, 0.3) is 0 Å². The Morgan fingerprint density at radius 2 is 1.73 bits per heavy atom. The summed E-state index contributed by atoms with van der Waals surface area (Å²) in [6.45, 7) is 15.5. The lowest BCUT2D eigenvalue weighted by Crippen LogP contribution is -2.02. The van der Waals surface area contributed by atoms with E-state index in [1.165, 1.54) is 5.56 Å². The average Bonchev–Trinajstić information content (AvgIpc) is 2.53. The molecule has 0 atom stereocenters. The molecule has 22 heavy (non-hydrogen) atoms. The first-order valence-corrected chi connectivity index (χ1v) is 7.14. The molecule has 0 fully saturated rings. The molecular formula is C20H20N2. The summed E-state index contributed by atoms with van der Waals surface area (Å²) in [7, 11) is 0. The molecule has 0 spiro atoms. The molecule has 0 N–H and O–H groups in total. The molecule has 2 nitrogen and oxygen atoms in total. The zero-order chi connectivity index (χ0) is 16.1. The van der Waals surface area contributed by atoms with Gasteiger partial charge < -0.3 is 0 Å². The summed E-state index contributed by atoms with van der Waals surface area (Å²) in [6.07, 6.45) is 7.10. The molecular weight excluding hydrogens is 268 g/mol. The van der Waals surface area contributed by atoms with Crippen molar-refractivity contribution >= 4 is 17.7 Å². The van der Waals surface area contributed by atoms with Crippen LogP contribution in [-0.2, 0) is 0 Å². The third kappa shape index (κ3) is 3.12. The molecule has 0 unspecified atom stereocenters. The van der Waals surface area contributed by atoms with Crippen LogP contribution in [-0.4, -0.2) is 9.97 Å². The molecule has 0 saturated heterocycles. The Morgan fingerprint density at radius 3 is 2.32 bits per heavy atom. The Labute approximate surface area is 132 Å². The van der Waals surface area contributed by atoms with E-state index >= 15 is 0 Å². The van der Waals surface area contributed by atoms with Crippen molar-refractivity contribution in [1.82, 2.24) is 9.97 Å². The van der Waals surface area contributed by atoms with E-state index in [1.807, 2.05) is 25.1 Å². The van der Waals surface area contributed by atoms with E-state index in [4.69, 9.17) is 9.97 Å². The lowest BCUT2D eigenvalue weighted by Gasteiger charge is -2.12. The highest BCUT2D eigenvalue weighted by Crippen LogP contribution is 2.28. The minimum atomic E-state index is 0.734. The Hall–Kier alpha value is -2.74. The summed E-state index contributed by atoms with van der Waals surface area (Å²) in [6, 6.07) is 8.24. The number of hydrogen-bond donors (Lipinski definition) is 0. The van der Waals surface area contributed by atoms with Gasteiger partial charge in [-0.15, -0.1) is 0 Å². The van der Waals surface area contributed by atoms with E-state index < -0.39 is 0 Å². The molecule has 0 amide bonds. The highest BCUT2D eigenvalue weighted by molar-refractivity contribution is 5.78. The Balaban J connectivity index is 2.79. The van der Waals surface area contributed by atoms with E-state index in [1.54, 1.807) is 18.2 Å². The third-order valence-corrected chi connectivity index (χ3v) is 3.37. The molecule has 0 radical (unpaired) electrons. The van der Waals surface area contributed by atoms with E-state index in [9.17, 15) is 0 Å². The lowest BCUT2D eigenvalue weighted by atomic mass is 10.0. The minimum absolute atomic E-state index is 0.734. The largest absolute Gasteiger partial charge is 0.244 e. The van der Waals surface area contributed by atoms with E-state index in [0.717, 1.165) is 33.9 Å². The first kappa shape index (κ1) is 15.6. The van der Waals surface area contributed by atoms with Gasteiger partial charge in [0.2, 0.25) is 0 Å². The Kier molecular flexibility index (Phi) is 4.84. The van der Waals surface area contributed by atoms with Gasteiger partial charge in [0.05, 0.1) is 22.8 Å². The van der Waals surface area contributed by atoms with Crippen molar-refractivity contribution in [2.75, 3.05) is 0 Å². The van der Waals surface area contributed by atoms with Gasteiger partial charge in [0.1, 0.15) is 0 Å².